The van der Waals surface area contributed by atoms with Crippen molar-refractivity contribution in [2.24, 2.45) is 0 Å². The van der Waals surface area contributed by atoms with Gasteiger partial charge in [0.15, 0.2) is 0 Å². The minimum absolute atomic E-state index is 0.378. The van der Waals surface area contributed by atoms with Crippen molar-refractivity contribution in [3.05, 3.63) is 28.8 Å². The van der Waals surface area contributed by atoms with E-state index < -0.39 is 5.60 Å². The second-order valence-electron chi connectivity index (χ2n) is 6.13. The summed E-state index contributed by atoms with van der Waals surface area (Å²) in [7, 11) is 0. The van der Waals surface area contributed by atoms with E-state index in [1.807, 2.05) is 20.8 Å². The molecule has 1 amide bonds. The van der Waals surface area contributed by atoms with Crippen LogP contribution in [-0.2, 0) is 4.74 Å². The van der Waals surface area contributed by atoms with Crippen LogP contribution in [0.25, 0.3) is 0 Å². The van der Waals surface area contributed by atoms with E-state index in [-0.39, 0.29) is 6.09 Å². The Kier molecular flexibility index (Phi) is 5.43. The molecule has 0 unspecified atom stereocenters. The number of rotatable bonds is 4. The molecule has 0 atom stereocenters. The molecule has 0 saturated heterocycles. The average Bonchev–Trinajstić information content (AvgIpc) is 2.23. The predicted molar refractivity (Wildman–Crippen MR) is 83.4 cm³/mol. The number of nitrogens with one attached hydrogen (secondary N) is 2. The maximum absolute atomic E-state index is 11.5. The number of aryl methyl sites for hydroxylation is 3. The van der Waals surface area contributed by atoms with Gasteiger partial charge >= 0.3 is 6.09 Å². The molecule has 2 N–H and O–H groups in total. The summed E-state index contributed by atoms with van der Waals surface area (Å²) < 4.78 is 5.18. The number of amides is 1. The van der Waals surface area contributed by atoms with E-state index in [0.717, 1.165) is 5.69 Å². The Morgan fingerprint density at radius 2 is 1.65 bits per heavy atom. The maximum atomic E-state index is 11.5. The summed E-state index contributed by atoms with van der Waals surface area (Å²) in [4.78, 5) is 11.5. The van der Waals surface area contributed by atoms with Crippen molar-refractivity contribution in [3.8, 4) is 0 Å². The number of alkyl carbamates (subject to hydrolysis) is 1. The smallest absolute Gasteiger partial charge is 0.407 e. The van der Waals surface area contributed by atoms with Gasteiger partial charge in [-0.2, -0.15) is 0 Å². The van der Waals surface area contributed by atoms with Crippen molar-refractivity contribution in [3.63, 3.8) is 0 Å². The quantitative estimate of drug-likeness (QED) is 0.828. The van der Waals surface area contributed by atoms with Gasteiger partial charge in [-0.25, -0.2) is 4.79 Å². The van der Waals surface area contributed by atoms with Gasteiger partial charge in [0.25, 0.3) is 0 Å². The zero-order valence-corrected chi connectivity index (χ0v) is 13.4. The van der Waals surface area contributed by atoms with Crippen LogP contribution in [0.2, 0.25) is 0 Å². The molecule has 1 aromatic rings. The Hall–Kier alpha value is -1.71. The molecule has 0 bridgehead atoms. The van der Waals surface area contributed by atoms with Gasteiger partial charge < -0.3 is 15.4 Å². The molecular weight excluding hydrogens is 252 g/mol. The largest absolute Gasteiger partial charge is 0.444 e. The van der Waals surface area contributed by atoms with Crippen LogP contribution >= 0.6 is 0 Å². The molecule has 0 aliphatic carbocycles. The van der Waals surface area contributed by atoms with Crippen molar-refractivity contribution >= 4 is 11.8 Å². The minimum atomic E-state index is -0.457. The Balaban J connectivity index is 2.41. The number of carbonyl (C=O) groups excluding carboxylic acids is 1. The monoisotopic (exact) mass is 278 g/mol. The lowest BCUT2D eigenvalue weighted by molar-refractivity contribution is 0.0530. The summed E-state index contributed by atoms with van der Waals surface area (Å²) in [5, 5.41) is 6.09. The lowest BCUT2D eigenvalue weighted by Crippen LogP contribution is -2.35. The summed E-state index contributed by atoms with van der Waals surface area (Å²) in [5.74, 6) is 0. The molecule has 0 heterocycles. The van der Waals surface area contributed by atoms with Gasteiger partial charge in [-0.05, 0) is 52.7 Å². The van der Waals surface area contributed by atoms with Crippen LogP contribution in [-0.4, -0.2) is 24.8 Å². The van der Waals surface area contributed by atoms with Gasteiger partial charge in [0.1, 0.15) is 5.60 Å². The molecule has 0 saturated carbocycles. The molecule has 0 aliphatic rings. The van der Waals surface area contributed by atoms with Gasteiger partial charge in [-0.3, -0.25) is 0 Å². The lowest BCUT2D eigenvalue weighted by Gasteiger charge is -2.20. The molecule has 4 heteroatoms. The zero-order valence-electron chi connectivity index (χ0n) is 13.4. The Bertz CT molecular complexity index is 453. The molecule has 0 spiro atoms. The van der Waals surface area contributed by atoms with Crippen LogP contribution in [0.4, 0.5) is 10.5 Å². The number of carbonyl (C=O) groups is 1. The molecule has 112 valence electrons. The summed E-state index contributed by atoms with van der Waals surface area (Å²) in [6.07, 6.45) is -0.378. The topological polar surface area (TPSA) is 50.4 Å². The molecule has 0 aliphatic heterocycles. The number of hydrogen-bond donors (Lipinski definition) is 2. The fraction of sp³-hybridized carbons (Fsp3) is 0.562. The fourth-order valence-corrected chi connectivity index (χ4v) is 2.13. The fourth-order valence-electron chi connectivity index (χ4n) is 2.13. The summed E-state index contributed by atoms with van der Waals surface area (Å²) in [6.45, 7) is 13.0. The third-order valence-corrected chi connectivity index (χ3v) is 2.77. The zero-order chi connectivity index (χ0) is 15.3. The average molecular weight is 278 g/mol. The van der Waals surface area contributed by atoms with Crippen molar-refractivity contribution in [1.29, 1.82) is 0 Å². The van der Waals surface area contributed by atoms with Crippen LogP contribution in [0.3, 0.4) is 0 Å². The van der Waals surface area contributed by atoms with Gasteiger partial charge in [0, 0.05) is 18.8 Å². The van der Waals surface area contributed by atoms with Crippen molar-refractivity contribution in [2.45, 2.75) is 47.1 Å². The second-order valence-corrected chi connectivity index (χ2v) is 6.13. The van der Waals surface area contributed by atoms with Gasteiger partial charge in [-0.15, -0.1) is 0 Å². The van der Waals surface area contributed by atoms with Crippen LogP contribution < -0.4 is 10.6 Å². The standard InChI is InChI=1S/C16H26N2O2/c1-11-9-12(2)14(13(3)10-11)17-7-8-18-15(19)20-16(4,5)6/h9-10,17H,7-8H2,1-6H3,(H,18,19). The third-order valence-electron chi connectivity index (χ3n) is 2.77. The molecule has 0 radical (unpaired) electrons. The van der Waals surface area contributed by atoms with Crippen LogP contribution in [0, 0.1) is 20.8 Å². The number of ether oxygens (including phenoxy) is 1. The highest BCUT2D eigenvalue weighted by molar-refractivity contribution is 5.67. The van der Waals surface area contributed by atoms with Gasteiger partial charge in [0.2, 0.25) is 0 Å². The molecule has 1 aromatic carbocycles. The van der Waals surface area contributed by atoms with E-state index in [9.17, 15) is 4.79 Å². The summed E-state index contributed by atoms with van der Waals surface area (Å²) in [5.41, 5.74) is 4.39. The van der Waals surface area contributed by atoms with Crippen molar-refractivity contribution in [1.82, 2.24) is 5.32 Å². The number of benzene rings is 1. The lowest BCUT2D eigenvalue weighted by atomic mass is 10.1. The van der Waals surface area contributed by atoms with Crippen LogP contribution in [0.1, 0.15) is 37.5 Å². The van der Waals surface area contributed by atoms with Crippen molar-refractivity contribution < 1.29 is 9.53 Å². The highest BCUT2D eigenvalue weighted by atomic mass is 16.6. The van der Waals surface area contributed by atoms with Crippen LogP contribution in [0.5, 0.6) is 0 Å². The molecule has 4 nitrogen and oxygen atoms in total. The van der Waals surface area contributed by atoms with E-state index >= 15 is 0 Å². The van der Waals surface area contributed by atoms with E-state index in [1.54, 1.807) is 0 Å². The second kappa shape index (κ2) is 6.64. The Morgan fingerprint density at radius 3 is 2.15 bits per heavy atom. The highest BCUT2D eigenvalue weighted by Crippen LogP contribution is 2.21. The molecule has 20 heavy (non-hydrogen) atoms. The number of hydrogen-bond acceptors (Lipinski definition) is 3. The molecule has 1 rings (SSSR count). The third kappa shape index (κ3) is 5.51. The first-order valence-electron chi connectivity index (χ1n) is 6.97. The Labute approximate surface area is 121 Å². The highest BCUT2D eigenvalue weighted by Gasteiger charge is 2.15. The Morgan fingerprint density at radius 1 is 1.10 bits per heavy atom. The first-order valence-corrected chi connectivity index (χ1v) is 6.97. The van der Waals surface area contributed by atoms with Crippen LogP contribution in [0.15, 0.2) is 12.1 Å². The van der Waals surface area contributed by atoms with E-state index in [4.69, 9.17) is 4.74 Å². The SMILES string of the molecule is Cc1cc(C)c(NCCNC(=O)OC(C)(C)C)c(C)c1. The van der Waals surface area contributed by atoms with Crippen molar-refractivity contribution in [2.75, 3.05) is 18.4 Å². The molecule has 0 fully saturated rings. The maximum Gasteiger partial charge on any atom is 0.407 e. The normalized spacial score (nSPS) is 11.1. The van der Waals surface area contributed by atoms with E-state index in [2.05, 4.69) is 43.5 Å². The number of anilines is 1. The molecule has 0 aromatic heterocycles. The predicted octanol–water partition coefficient (Wildman–Crippen LogP) is 3.55. The van der Waals surface area contributed by atoms with Gasteiger partial charge in [-0.1, -0.05) is 17.7 Å². The van der Waals surface area contributed by atoms with Gasteiger partial charge in [0.05, 0.1) is 0 Å². The minimum Gasteiger partial charge on any atom is -0.444 e. The molecular formula is C16H26N2O2. The first-order chi connectivity index (χ1) is 9.19. The van der Waals surface area contributed by atoms with E-state index in [1.165, 1.54) is 16.7 Å². The summed E-state index contributed by atoms with van der Waals surface area (Å²) >= 11 is 0. The van der Waals surface area contributed by atoms with E-state index in [0.29, 0.717) is 13.1 Å². The first kappa shape index (κ1) is 16.3. The summed E-state index contributed by atoms with van der Waals surface area (Å²) in [6, 6.07) is 4.30.